The molecule has 0 aliphatic rings. The van der Waals surface area contributed by atoms with Gasteiger partial charge in [-0.1, -0.05) is 24.3 Å². The van der Waals surface area contributed by atoms with E-state index in [-0.39, 0.29) is 12.5 Å². The Balaban J connectivity index is 1.94. The van der Waals surface area contributed by atoms with Crippen LogP contribution in [0.5, 0.6) is 5.75 Å². The van der Waals surface area contributed by atoms with Gasteiger partial charge in [-0.3, -0.25) is 4.79 Å². The molecule has 0 atom stereocenters. The molecule has 0 heterocycles. The molecule has 0 aliphatic carbocycles. The number of nitrogens with zero attached hydrogens (tertiary/aromatic N) is 2. The van der Waals surface area contributed by atoms with E-state index in [1.165, 1.54) is 7.11 Å². The number of amides is 1. The third-order valence-electron chi connectivity index (χ3n) is 3.94. The quantitative estimate of drug-likeness (QED) is 0.714. The molecule has 6 nitrogen and oxygen atoms in total. The third kappa shape index (κ3) is 4.99. The summed E-state index contributed by atoms with van der Waals surface area (Å²) in [7, 11) is 6.99. The maximum absolute atomic E-state index is 12.3. The van der Waals surface area contributed by atoms with Crippen LogP contribution in [0.2, 0.25) is 0 Å². The maximum atomic E-state index is 12.3. The van der Waals surface area contributed by atoms with Gasteiger partial charge in [0.25, 0.3) is 5.91 Å². The summed E-state index contributed by atoms with van der Waals surface area (Å²) >= 11 is 0. The number of hydrogen-bond acceptors (Lipinski definition) is 5. The lowest BCUT2D eigenvalue weighted by molar-refractivity contribution is -0.132. The molecule has 6 heteroatoms. The Morgan fingerprint density at radius 3 is 2.23 bits per heavy atom. The fraction of sp³-hybridized carbons (Fsp3) is 0.300. The van der Waals surface area contributed by atoms with E-state index in [0.29, 0.717) is 17.9 Å². The minimum Gasteiger partial charge on any atom is -0.483 e. The Morgan fingerprint density at radius 1 is 0.962 bits per heavy atom. The summed E-state index contributed by atoms with van der Waals surface area (Å²) in [5.41, 5.74) is 2.43. The van der Waals surface area contributed by atoms with Gasteiger partial charge in [-0.05, 0) is 29.8 Å². The lowest BCUT2D eigenvalue weighted by Crippen LogP contribution is -2.31. The van der Waals surface area contributed by atoms with Crippen molar-refractivity contribution in [1.29, 1.82) is 0 Å². The molecule has 0 unspecified atom stereocenters. The van der Waals surface area contributed by atoms with Crippen LogP contribution in [0.3, 0.4) is 0 Å². The van der Waals surface area contributed by atoms with E-state index in [2.05, 4.69) is 0 Å². The van der Waals surface area contributed by atoms with Gasteiger partial charge in [-0.25, -0.2) is 4.79 Å². The predicted octanol–water partition coefficient (Wildman–Crippen LogP) is 2.58. The average molecular weight is 356 g/mol. The second kappa shape index (κ2) is 8.89. The first-order chi connectivity index (χ1) is 12.4. The molecule has 2 rings (SSSR count). The molecule has 138 valence electrons. The first kappa shape index (κ1) is 19.3. The molecule has 0 saturated carbocycles. The fourth-order valence-corrected chi connectivity index (χ4v) is 2.38. The third-order valence-corrected chi connectivity index (χ3v) is 3.94. The number of carbonyl (C=O) groups excluding carboxylic acids is 2. The largest absolute Gasteiger partial charge is 0.483 e. The summed E-state index contributed by atoms with van der Waals surface area (Å²) in [5.74, 6) is -0.347. The van der Waals surface area contributed by atoms with Crippen LogP contribution in [0.15, 0.2) is 48.5 Å². The zero-order valence-corrected chi connectivity index (χ0v) is 15.6. The predicted molar refractivity (Wildman–Crippen MR) is 101 cm³/mol. The Hall–Kier alpha value is -3.02. The molecular formula is C20H24N2O4. The fourth-order valence-electron chi connectivity index (χ4n) is 2.38. The standard InChI is InChI=1S/C20H24N2O4/c1-21(2)16-11-9-15(10-12-16)13-22(3)19(23)14-26-18-8-6-5-7-17(18)20(24)25-4/h5-12H,13-14H2,1-4H3. The van der Waals surface area contributed by atoms with E-state index in [1.807, 2.05) is 43.3 Å². The molecule has 0 fully saturated rings. The van der Waals surface area contributed by atoms with Crippen molar-refractivity contribution < 1.29 is 19.1 Å². The summed E-state index contributed by atoms with van der Waals surface area (Å²) in [4.78, 5) is 27.7. The highest BCUT2D eigenvalue weighted by Gasteiger charge is 2.15. The second-order valence-electron chi connectivity index (χ2n) is 6.09. The Kier molecular flexibility index (Phi) is 6.60. The maximum Gasteiger partial charge on any atom is 0.341 e. The van der Waals surface area contributed by atoms with Gasteiger partial charge in [0.2, 0.25) is 0 Å². The minimum absolute atomic E-state index is 0.152. The van der Waals surface area contributed by atoms with Crippen LogP contribution in [0.4, 0.5) is 5.69 Å². The van der Waals surface area contributed by atoms with E-state index in [4.69, 9.17) is 9.47 Å². The molecule has 26 heavy (non-hydrogen) atoms. The first-order valence-electron chi connectivity index (χ1n) is 8.22. The summed E-state index contributed by atoms with van der Waals surface area (Å²) in [6.45, 7) is 0.328. The topological polar surface area (TPSA) is 59.1 Å². The summed E-state index contributed by atoms with van der Waals surface area (Å²) in [6, 6.07) is 14.7. The van der Waals surface area contributed by atoms with Gasteiger partial charge in [0.1, 0.15) is 11.3 Å². The lowest BCUT2D eigenvalue weighted by atomic mass is 10.2. The van der Waals surface area contributed by atoms with Crippen LogP contribution >= 0.6 is 0 Å². The van der Waals surface area contributed by atoms with Crippen LogP contribution in [-0.4, -0.2) is 51.6 Å². The highest BCUT2D eigenvalue weighted by molar-refractivity contribution is 5.92. The number of benzene rings is 2. The number of methoxy groups -OCH3 is 1. The van der Waals surface area contributed by atoms with Gasteiger partial charge in [0, 0.05) is 33.4 Å². The van der Waals surface area contributed by atoms with E-state index >= 15 is 0 Å². The van der Waals surface area contributed by atoms with Gasteiger partial charge in [-0.15, -0.1) is 0 Å². The number of ether oxygens (including phenoxy) is 2. The molecule has 0 saturated heterocycles. The normalized spacial score (nSPS) is 10.2. The molecule has 0 bridgehead atoms. The Labute approximate surface area is 153 Å². The van der Waals surface area contributed by atoms with Crippen LogP contribution in [0.25, 0.3) is 0 Å². The molecule has 0 N–H and O–H groups in total. The van der Waals surface area contributed by atoms with Gasteiger partial charge in [0.05, 0.1) is 7.11 Å². The smallest absolute Gasteiger partial charge is 0.341 e. The summed E-state index contributed by atoms with van der Waals surface area (Å²) in [6.07, 6.45) is 0. The second-order valence-corrected chi connectivity index (χ2v) is 6.09. The summed E-state index contributed by atoms with van der Waals surface area (Å²) < 4.78 is 10.3. The number of esters is 1. The van der Waals surface area contributed by atoms with Crippen molar-refractivity contribution in [2.75, 3.05) is 39.8 Å². The zero-order valence-electron chi connectivity index (χ0n) is 15.6. The monoisotopic (exact) mass is 356 g/mol. The van der Waals surface area contributed by atoms with Crippen molar-refractivity contribution in [2.45, 2.75) is 6.54 Å². The van der Waals surface area contributed by atoms with Crippen molar-refractivity contribution in [3.8, 4) is 5.75 Å². The number of rotatable bonds is 7. The molecule has 0 spiro atoms. The molecule has 1 amide bonds. The first-order valence-corrected chi connectivity index (χ1v) is 8.22. The molecule has 0 aromatic heterocycles. The van der Waals surface area contributed by atoms with Crippen LogP contribution in [0, 0.1) is 0 Å². The van der Waals surface area contributed by atoms with Gasteiger partial charge >= 0.3 is 5.97 Å². The van der Waals surface area contributed by atoms with Crippen molar-refractivity contribution in [2.24, 2.45) is 0 Å². The molecule has 0 aliphatic heterocycles. The van der Waals surface area contributed by atoms with E-state index in [0.717, 1.165) is 11.3 Å². The van der Waals surface area contributed by atoms with Crippen LogP contribution < -0.4 is 9.64 Å². The van der Waals surface area contributed by atoms with Crippen molar-refractivity contribution in [3.05, 3.63) is 59.7 Å². The summed E-state index contributed by atoms with van der Waals surface area (Å²) in [5, 5.41) is 0. The van der Waals surface area contributed by atoms with Crippen molar-refractivity contribution in [3.63, 3.8) is 0 Å². The van der Waals surface area contributed by atoms with E-state index < -0.39 is 5.97 Å². The molecular weight excluding hydrogens is 332 g/mol. The highest BCUT2D eigenvalue weighted by Crippen LogP contribution is 2.19. The number of hydrogen-bond donors (Lipinski definition) is 0. The van der Waals surface area contributed by atoms with Gasteiger partial charge in [0.15, 0.2) is 6.61 Å². The number of likely N-dealkylation sites (N-methyl/N-ethyl adjacent to an activating group) is 1. The van der Waals surface area contributed by atoms with Gasteiger partial charge < -0.3 is 19.3 Å². The van der Waals surface area contributed by atoms with Crippen molar-refractivity contribution >= 4 is 17.6 Å². The molecule has 0 radical (unpaired) electrons. The average Bonchev–Trinajstić information content (AvgIpc) is 2.66. The minimum atomic E-state index is -0.498. The van der Waals surface area contributed by atoms with E-state index in [1.54, 1.807) is 36.2 Å². The van der Waals surface area contributed by atoms with Crippen LogP contribution in [0.1, 0.15) is 15.9 Å². The van der Waals surface area contributed by atoms with E-state index in [9.17, 15) is 9.59 Å². The molecule has 2 aromatic carbocycles. The number of carbonyl (C=O) groups is 2. The van der Waals surface area contributed by atoms with Gasteiger partial charge in [-0.2, -0.15) is 0 Å². The van der Waals surface area contributed by atoms with Crippen molar-refractivity contribution in [1.82, 2.24) is 4.90 Å². The Morgan fingerprint density at radius 2 is 1.62 bits per heavy atom. The van der Waals surface area contributed by atoms with Crippen LogP contribution in [-0.2, 0) is 16.1 Å². The highest BCUT2D eigenvalue weighted by atomic mass is 16.5. The number of anilines is 1. The SMILES string of the molecule is COC(=O)c1ccccc1OCC(=O)N(C)Cc1ccc(N(C)C)cc1. The Bertz CT molecular complexity index is 757. The zero-order chi connectivity index (χ0) is 19.1. The molecule has 2 aromatic rings. The number of para-hydroxylation sites is 1. The lowest BCUT2D eigenvalue weighted by Gasteiger charge is -2.19.